The number of carboxylic acids is 3. The molecule has 0 amide bonds. The number of hydrogen-bond donors (Lipinski definition) is 3. The first kappa shape index (κ1) is 21.8. The van der Waals surface area contributed by atoms with E-state index in [0.29, 0.717) is 39.1 Å². The fourth-order valence-electron chi connectivity index (χ4n) is 3.38. The third-order valence-corrected chi connectivity index (χ3v) is 4.92. The number of aromatic carboxylic acids is 1. The fourth-order valence-corrected chi connectivity index (χ4v) is 3.38. The summed E-state index contributed by atoms with van der Waals surface area (Å²) < 4.78 is 0. The Labute approximate surface area is 163 Å². The van der Waals surface area contributed by atoms with Crippen LogP contribution in [0.2, 0.25) is 0 Å². The second-order valence-corrected chi connectivity index (χ2v) is 7.16. The Bertz CT molecular complexity index is 693. The lowest BCUT2D eigenvalue weighted by Gasteiger charge is -2.33. The van der Waals surface area contributed by atoms with Crippen molar-refractivity contribution in [1.29, 1.82) is 0 Å². The zero-order valence-electron chi connectivity index (χ0n) is 16.0. The molecule has 1 unspecified atom stereocenters. The third-order valence-electron chi connectivity index (χ3n) is 4.92. The smallest absolute Gasteiger partial charge is 0.335 e. The Morgan fingerprint density at radius 3 is 2.11 bits per heavy atom. The molecule has 0 bridgehead atoms. The Morgan fingerprint density at radius 1 is 0.929 bits per heavy atom. The molecule has 1 aromatic rings. The van der Waals surface area contributed by atoms with Crippen molar-refractivity contribution in [3.63, 3.8) is 0 Å². The summed E-state index contributed by atoms with van der Waals surface area (Å²) in [6.45, 7) is 2.71. The fraction of sp³-hybridized carbons (Fsp3) is 0.526. The van der Waals surface area contributed by atoms with E-state index in [9.17, 15) is 24.6 Å². The molecule has 3 N–H and O–H groups in total. The van der Waals surface area contributed by atoms with Gasteiger partial charge in [0.15, 0.2) is 0 Å². The van der Waals surface area contributed by atoms with Crippen LogP contribution in [0.1, 0.15) is 15.9 Å². The van der Waals surface area contributed by atoms with Crippen LogP contribution in [0.4, 0.5) is 0 Å². The SMILES string of the molecule is CN1CCN(CC(=O)O)CC(Cc2ccc(C(=O)O)cc2)N(CC(=O)O)CC1. The summed E-state index contributed by atoms with van der Waals surface area (Å²) in [5.41, 5.74) is 1.07. The topological polar surface area (TPSA) is 122 Å². The lowest BCUT2D eigenvalue weighted by Crippen LogP contribution is -2.48. The Balaban J connectivity index is 2.25. The summed E-state index contributed by atoms with van der Waals surface area (Å²) in [5, 5.41) is 27.6. The predicted octanol–water partition coefficient (Wildman–Crippen LogP) is 0.0145. The first-order chi connectivity index (χ1) is 13.2. The summed E-state index contributed by atoms with van der Waals surface area (Å²) in [4.78, 5) is 39.4. The van der Waals surface area contributed by atoms with E-state index in [0.717, 1.165) is 5.56 Å². The molecule has 1 fully saturated rings. The van der Waals surface area contributed by atoms with E-state index in [1.807, 2.05) is 16.8 Å². The minimum absolute atomic E-state index is 0.108. The van der Waals surface area contributed by atoms with Gasteiger partial charge in [0.05, 0.1) is 18.7 Å². The Morgan fingerprint density at radius 2 is 1.54 bits per heavy atom. The van der Waals surface area contributed by atoms with E-state index in [2.05, 4.69) is 4.90 Å². The quantitative estimate of drug-likeness (QED) is 0.588. The molecule has 0 radical (unpaired) electrons. The van der Waals surface area contributed by atoms with E-state index >= 15 is 0 Å². The molecule has 28 heavy (non-hydrogen) atoms. The molecule has 9 nitrogen and oxygen atoms in total. The first-order valence-corrected chi connectivity index (χ1v) is 9.15. The maximum absolute atomic E-state index is 11.4. The molecule has 1 aromatic carbocycles. The van der Waals surface area contributed by atoms with Crippen molar-refractivity contribution < 1.29 is 29.7 Å². The molecule has 154 valence electrons. The van der Waals surface area contributed by atoms with E-state index in [1.165, 1.54) is 12.1 Å². The molecule has 0 aliphatic carbocycles. The monoisotopic (exact) mass is 393 g/mol. The van der Waals surface area contributed by atoms with Gasteiger partial charge in [0.1, 0.15) is 0 Å². The second kappa shape index (κ2) is 10.2. The highest BCUT2D eigenvalue weighted by Crippen LogP contribution is 2.14. The average Bonchev–Trinajstić information content (AvgIpc) is 2.67. The van der Waals surface area contributed by atoms with Crippen LogP contribution < -0.4 is 0 Å². The van der Waals surface area contributed by atoms with Gasteiger partial charge in [-0.05, 0) is 31.2 Å². The van der Waals surface area contributed by atoms with Gasteiger partial charge in [-0.2, -0.15) is 0 Å². The molecular weight excluding hydrogens is 366 g/mol. The molecule has 1 aliphatic rings. The van der Waals surface area contributed by atoms with Crippen LogP contribution >= 0.6 is 0 Å². The molecular formula is C19H27N3O6. The number of nitrogens with zero attached hydrogens (tertiary/aromatic N) is 3. The summed E-state index contributed by atoms with van der Waals surface area (Å²) in [7, 11) is 1.93. The van der Waals surface area contributed by atoms with Crippen LogP contribution in [0.5, 0.6) is 0 Å². The average molecular weight is 393 g/mol. The number of aliphatic carboxylic acids is 2. The van der Waals surface area contributed by atoms with Gasteiger partial charge in [0, 0.05) is 38.8 Å². The number of benzene rings is 1. The van der Waals surface area contributed by atoms with Gasteiger partial charge >= 0.3 is 17.9 Å². The van der Waals surface area contributed by atoms with E-state index in [-0.39, 0.29) is 24.7 Å². The van der Waals surface area contributed by atoms with Crippen molar-refractivity contribution in [3.8, 4) is 0 Å². The van der Waals surface area contributed by atoms with Gasteiger partial charge in [-0.3, -0.25) is 19.4 Å². The zero-order chi connectivity index (χ0) is 20.7. The number of hydrogen-bond acceptors (Lipinski definition) is 6. The number of carboxylic acid groups (broad SMARTS) is 3. The highest BCUT2D eigenvalue weighted by molar-refractivity contribution is 5.87. The molecule has 2 rings (SSSR count). The molecule has 0 saturated carbocycles. The van der Waals surface area contributed by atoms with Crippen LogP contribution in [0.3, 0.4) is 0 Å². The highest BCUT2D eigenvalue weighted by atomic mass is 16.4. The highest BCUT2D eigenvalue weighted by Gasteiger charge is 2.26. The predicted molar refractivity (Wildman–Crippen MR) is 102 cm³/mol. The largest absolute Gasteiger partial charge is 0.480 e. The Hall–Kier alpha value is -2.49. The maximum Gasteiger partial charge on any atom is 0.335 e. The van der Waals surface area contributed by atoms with Gasteiger partial charge in [-0.25, -0.2) is 4.79 Å². The van der Waals surface area contributed by atoms with Crippen LogP contribution in [0, 0.1) is 0 Å². The van der Waals surface area contributed by atoms with Crippen molar-refractivity contribution >= 4 is 17.9 Å². The third kappa shape index (κ3) is 6.91. The summed E-state index contributed by atoms with van der Waals surface area (Å²) in [5.74, 6) is -2.86. The second-order valence-electron chi connectivity index (χ2n) is 7.16. The van der Waals surface area contributed by atoms with E-state index < -0.39 is 17.9 Å². The normalized spacial score (nSPS) is 20.1. The number of carbonyl (C=O) groups is 3. The van der Waals surface area contributed by atoms with Crippen LogP contribution in [-0.2, 0) is 16.0 Å². The standard InChI is InChI=1S/C19H27N3O6/c1-20-6-8-21(12-17(23)24)11-16(22(9-7-20)13-18(25)26)10-14-2-4-15(5-3-14)19(27)28/h2-5,16H,6-13H2,1H3,(H,23,24)(H,25,26)(H,27,28). The lowest BCUT2D eigenvalue weighted by molar-refractivity contribution is -0.140. The van der Waals surface area contributed by atoms with Crippen molar-refractivity contribution in [2.75, 3.05) is 52.9 Å². The van der Waals surface area contributed by atoms with E-state index in [1.54, 1.807) is 12.1 Å². The van der Waals surface area contributed by atoms with Gasteiger partial charge in [-0.15, -0.1) is 0 Å². The molecule has 0 aromatic heterocycles. The number of likely N-dealkylation sites (N-methyl/N-ethyl adjacent to an activating group) is 1. The van der Waals surface area contributed by atoms with Crippen molar-refractivity contribution in [1.82, 2.24) is 14.7 Å². The van der Waals surface area contributed by atoms with Crippen LogP contribution in [0.25, 0.3) is 0 Å². The zero-order valence-corrected chi connectivity index (χ0v) is 16.0. The van der Waals surface area contributed by atoms with Crippen molar-refractivity contribution in [2.45, 2.75) is 12.5 Å². The van der Waals surface area contributed by atoms with E-state index in [4.69, 9.17) is 5.11 Å². The molecule has 1 atom stereocenters. The number of rotatable bonds is 7. The van der Waals surface area contributed by atoms with Gasteiger partial charge in [0.2, 0.25) is 0 Å². The van der Waals surface area contributed by atoms with Crippen molar-refractivity contribution in [2.24, 2.45) is 0 Å². The Kier molecular flexibility index (Phi) is 7.91. The molecule has 1 saturated heterocycles. The summed E-state index contributed by atoms with van der Waals surface area (Å²) in [6, 6.07) is 6.30. The maximum atomic E-state index is 11.4. The minimum Gasteiger partial charge on any atom is -0.480 e. The van der Waals surface area contributed by atoms with Crippen molar-refractivity contribution in [3.05, 3.63) is 35.4 Å². The van der Waals surface area contributed by atoms with Gasteiger partial charge in [0.25, 0.3) is 0 Å². The summed E-state index contributed by atoms with van der Waals surface area (Å²) >= 11 is 0. The molecule has 0 spiro atoms. The van der Waals surface area contributed by atoms with Gasteiger partial charge < -0.3 is 20.2 Å². The van der Waals surface area contributed by atoms with Gasteiger partial charge in [-0.1, -0.05) is 12.1 Å². The molecule has 1 aliphatic heterocycles. The lowest BCUT2D eigenvalue weighted by atomic mass is 10.0. The first-order valence-electron chi connectivity index (χ1n) is 9.15. The molecule has 1 heterocycles. The summed E-state index contributed by atoms with van der Waals surface area (Å²) in [6.07, 6.45) is 0.507. The minimum atomic E-state index is -1.00. The molecule has 9 heteroatoms. The van der Waals surface area contributed by atoms with Crippen LogP contribution in [0.15, 0.2) is 24.3 Å². The van der Waals surface area contributed by atoms with Crippen LogP contribution in [-0.4, -0.2) is 107 Å².